The predicted octanol–water partition coefficient (Wildman–Crippen LogP) is 1.75. The summed E-state index contributed by atoms with van der Waals surface area (Å²) in [6.07, 6.45) is 2.02. The first kappa shape index (κ1) is 15.3. The number of carbonyl (C=O) groups excluding carboxylic acids is 1. The van der Waals surface area contributed by atoms with Gasteiger partial charge >= 0.3 is 0 Å². The van der Waals surface area contributed by atoms with Crippen LogP contribution in [0.3, 0.4) is 0 Å². The van der Waals surface area contributed by atoms with Crippen molar-refractivity contribution in [1.82, 2.24) is 10.3 Å². The molecule has 5 nitrogen and oxygen atoms in total. The molecule has 0 spiro atoms. The second kappa shape index (κ2) is 7.06. The molecule has 0 atom stereocenters. The van der Waals surface area contributed by atoms with Gasteiger partial charge in [-0.15, -0.1) is 0 Å². The normalized spacial score (nSPS) is 10.9. The number of hydrazine groups is 1. The van der Waals surface area contributed by atoms with Crippen LogP contribution in [0.4, 0.5) is 0 Å². The van der Waals surface area contributed by atoms with Gasteiger partial charge < -0.3 is 4.42 Å². The molecule has 1 aromatic carbocycles. The standard InChI is InChI=1S/C16H21N3O2/c1-12-15(7-8-21-12)11-19(2)10-14-5-3-13(4-6-14)9-16(20)18-17/h3-8H,9-11,17H2,1-2H3,(H,18,20). The predicted molar refractivity (Wildman–Crippen MR) is 81.1 cm³/mol. The summed E-state index contributed by atoms with van der Waals surface area (Å²) >= 11 is 0. The quantitative estimate of drug-likeness (QED) is 0.482. The van der Waals surface area contributed by atoms with E-state index in [0.29, 0.717) is 6.42 Å². The number of furan rings is 1. The van der Waals surface area contributed by atoms with Crippen LogP contribution in [0.25, 0.3) is 0 Å². The smallest absolute Gasteiger partial charge is 0.238 e. The Kier molecular flexibility index (Phi) is 5.14. The molecule has 0 aliphatic heterocycles. The summed E-state index contributed by atoms with van der Waals surface area (Å²) in [6.45, 7) is 3.66. The molecule has 112 valence electrons. The third kappa shape index (κ3) is 4.44. The minimum atomic E-state index is -0.185. The van der Waals surface area contributed by atoms with E-state index >= 15 is 0 Å². The van der Waals surface area contributed by atoms with E-state index in [1.54, 1.807) is 6.26 Å². The lowest BCUT2D eigenvalue weighted by molar-refractivity contribution is -0.120. The zero-order valence-electron chi connectivity index (χ0n) is 12.4. The van der Waals surface area contributed by atoms with E-state index in [1.807, 2.05) is 37.3 Å². The Morgan fingerprint density at radius 1 is 1.19 bits per heavy atom. The average molecular weight is 287 g/mol. The fraction of sp³-hybridized carbons (Fsp3) is 0.312. The molecule has 2 aromatic rings. The largest absolute Gasteiger partial charge is 0.469 e. The van der Waals surface area contributed by atoms with Crippen molar-refractivity contribution < 1.29 is 9.21 Å². The van der Waals surface area contributed by atoms with Gasteiger partial charge in [-0.3, -0.25) is 15.1 Å². The van der Waals surface area contributed by atoms with Crippen LogP contribution < -0.4 is 11.3 Å². The Balaban J connectivity index is 1.90. The van der Waals surface area contributed by atoms with Crippen molar-refractivity contribution in [2.45, 2.75) is 26.4 Å². The highest BCUT2D eigenvalue weighted by molar-refractivity contribution is 5.77. The summed E-state index contributed by atoms with van der Waals surface area (Å²) in [5, 5.41) is 0. The van der Waals surface area contributed by atoms with Crippen molar-refractivity contribution >= 4 is 5.91 Å². The lowest BCUT2D eigenvalue weighted by Gasteiger charge is -2.16. The van der Waals surface area contributed by atoms with Crippen molar-refractivity contribution in [3.8, 4) is 0 Å². The number of nitrogens with two attached hydrogens (primary N) is 1. The van der Waals surface area contributed by atoms with Crippen LogP contribution in [-0.4, -0.2) is 17.9 Å². The van der Waals surface area contributed by atoms with Crippen molar-refractivity contribution in [3.63, 3.8) is 0 Å². The number of carbonyl (C=O) groups is 1. The molecule has 0 aliphatic rings. The van der Waals surface area contributed by atoms with Gasteiger partial charge in [0.1, 0.15) is 5.76 Å². The van der Waals surface area contributed by atoms with Crippen LogP contribution in [0.1, 0.15) is 22.5 Å². The number of hydrogen-bond acceptors (Lipinski definition) is 4. The van der Waals surface area contributed by atoms with Gasteiger partial charge in [0.15, 0.2) is 0 Å². The highest BCUT2D eigenvalue weighted by Crippen LogP contribution is 2.13. The average Bonchev–Trinajstić information content (AvgIpc) is 2.86. The molecule has 1 aromatic heterocycles. The molecule has 1 amide bonds. The molecule has 0 saturated carbocycles. The Hall–Kier alpha value is -2.11. The maximum atomic E-state index is 11.2. The Bertz CT molecular complexity index is 590. The highest BCUT2D eigenvalue weighted by atomic mass is 16.3. The van der Waals surface area contributed by atoms with Gasteiger partial charge in [-0.1, -0.05) is 24.3 Å². The van der Waals surface area contributed by atoms with E-state index in [1.165, 1.54) is 11.1 Å². The van der Waals surface area contributed by atoms with Crippen LogP contribution in [0.2, 0.25) is 0 Å². The SMILES string of the molecule is Cc1occc1CN(C)Cc1ccc(CC(=O)NN)cc1. The number of benzene rings is 1. The van der Waals surface area contributed by atoms with E-state index in [9.17, 15) is 4.79 Å². The number of aryl methyl sites for hydroxylation is 1. The topological polar surface area (TPSA) is 71.5 Å². The molecule has 2 rings (SSSR count). The Morgan fingerprint density at radius 2 is 1.86 bits per heavy atom. The molecule has 0 unspecified atom stereocenters. The fourth-order valence-corrected chi connectivity index (χ4v) is 2.23. The van der Waals surface area contributed by atoms with E-state index in [4.69, 9.17) is 10.3 Å². The molecule has 1 heterocycles. The van der Waals surface area contributed by atoms with Crippen molar-refractivity contribution in [3.05, 3.63) is 59.0 Å². The van der Waals surface area contributed by atoms with Crippen molar-refractivity contribution in [1.29, 1.82) is 0 Å². The lowest BCUT2D eigenvalue weighted by atomic mass is 10.1. The molecule has 0 saturated heterocycles. The molecule has 21 heavy (non-hydrogen) atoms. The number of rotatable bonds is 6. The van der Waals surface area contributed by atoms with Crippen LogP contribution in [0.15, 0.2) is 41.0 Å². The fourth-order valence-electron chi connectivity index (χ4n) is 2.23. The molecule has 0 aliphatic carbocycles. The van der Waals surface area contributed by atoms with Crippen molar-refractivity contribution in [2.75, 3.05) is 7.05 Å². The molecular weight excluding hydrogens is 266 g/mol. The number of nitrogens with zero attached hydrogens (tertiary/aromatic N) is 1. The summed E-state index contributed by atoms with van der Waals surface area (Å²) in [7, 11) is 2.07. The molecular formula is C16H21N3O2. The van der Waals surface area contributed by atoms with Crippen LogP contribution >= 0.6 is 0 Å². The van der Waals surface area contributed by atoms with Gasteiger partial charge in [0, 0.05) is 18.7 Å². The van der Waals surface area contributed by atoms with E-state index in [-0.39, 0.29) is 5.91 Å². The van der Waals surface area contributed by atoms with E-state index in [2.05, 4.69) is 17.4 Å². The lowest BCUT2D eigenvalue weighted by Crippen LogP contribution is -2.31. The van der Waals surface area contributed by atoms with Crippen LogP contribution in [0, 0.1) is 6.92 Å². The summed E-state index contributed by atoms with van der Waals surface area (Å²) < 4.78 is 5.30. The molecule has 5 heteroatoms. The highest BCUT2D eigenvalue weighted by Gasteiger charge is 2.07. The first-order chi connectivity index (χ1) is 10.1. The van der Waals surface area contributed by atoms with Gasteiger partial charge in [0.2, 0.25) is 5.91 Å². The maximum absolute atomic E-state index is 11.2. The number of amides is 1. The second-order valence-corrected chi connectivity index (χ2v) is 5.24. The molecule has 0 bridgehead atoms. The monoisotopic (exact) mass is 287 g/mol. The minimum Gasteiger partial charge on any atom is -0.469 e. The van der Waals surface area contributed by atoms with Gasteiger partial charge in [-0.25, -0.2) is 5.84 Å². The third-order valence-corrected chi connectivity index (χ3v) is 3.41. The first-order valence-electron chi connectivity index (χ1n) is 6.87. The van der Waals surface area contributed by atoms with Crippen LogP contribution in [0.5, 0.6) is 0 Å². The van der Waals surface area contributed by atoms with E-state index < -0.39 is 0 Å². The number of hydrogen-bond donors (Lipinski definition) is 2. The van der Waals surface area contributed by atoms with Gasteiger partial charge in [0.05, 0.1) is 12.7 Å². The summed E-state index contributed by atoms with van der Waals surface area (Å²) in [6, 6.07) is 10.00. The van der Waals surface area contributed by atoms with Gasteiger partial charge in [-0.05, 0) is 31.2 Å². The van der Waals surface area contributed by atoms with Crippen molar-refractivity contribution in [2.24, 2.45) is 5.84 Å². The zero-order chi connectivity index (χ0) is 15.2. The van der Waals surface area contributed by atoms with Crippen LogP contribution in [-0.2, 0) is 24.3 Å². The van der Waals surface area contributed by atoms with Gasteiger partial charge in [-0.2, -0.15) is 0 Å². The molecule has 3 N–H and O–H groups in total. The van der Waals surface area contributed by atoms with E-state index in [0.717, 1.165) is 24.4 Å². The first-order valence-corrected chi connectivity index (χ1v) is 6.87. The summed E-state index contributed by atoms with van der Waals surface area (Å²) in [5.41, 5.74) is 5.49. The summed E-state index contributed by atoms with van der Waals surface area (Å²) in [5.74, 6) is 5.86. The van der Waals surface area contributed by atoms with Gasteiger partial charge in [0.25, 0.3) is 0 Å². The minimum absolute atomic E-state index is 0.185. The Labute approximate surface area is 124 Å². The molecule has 0 fully saturated rings. The molecule has 0 radical (unpaired) electrons. The maximum Gasteiger partial charge on any atom is 0.238 e. The summed E-state index contributed by atoms with van der Waals surface area (Å²) in [4.78, 5) is 13.4. The zero-order valence-corrected chi connectivity index (χ0v) is 12.4. The Morgan fingerprint density at radius 3 is 2.43 bits per heavy atom. The second-order valence-electron chi connectivity index (χ2n) is 5.24. The third-order valence-electron chi connectivity index (χ3n) is 3.41. The number of nitrogens with one attached hydrogen (secondary N) is 1.